The van der Waals surface area contributed by atoms with Crippen LogP contribution in [0.3, 0.4) is 0 Å². The van der Waals surface area contributed by atoms with Gasteiger partial charge in [0.05, 0.1) is 0 Å². The second-order valence-electron chi connectivity index (χ2n) is 4.40. The van der Waals surface area contributed by atoms with Crippen molar-refractivity contribution < 1.29 is 0 Å². The zero-order valence-corrected chi connectivity index (χ0v) is 8.96. The van der Waals surface area contributed by atoms with Crippen LogP contribution in [0.2, 0.25) is 0 Å². The van der Waals surface area contributed by atoms with Crippen molar-refractivity contribution in [3.63, 3.8) is 0 Å². The van der Waals surface area contributed by atoms with Crippen LogP contribution in [-0.4, -0.2) is 11.5 Å². The van der Waals surface area contributed by atoms with Crippen molar-refractivity contribution in [2.24, 2.45) is 5.73 Å². The summed E-state index contributed by atoms with van der Waals surface area (Å²) >= 11 is 0. The molecular formula is C12H18N2. The molecule has 2 rings (SSSR count). The zero-order chi connectivity index (χ0) is 10.1. The molecular weight excluding hydrogens is 172 g/mol. The fourth-order valence-corrected chi connectivity index (χ4v) is 2.13. The Bertz CT molecular complexity index is 331. The molecule has 0 saturated heterocycles. The molecule has 0 amide bonds. The smallest absolute Gasteiger partial charge is 0.0442 e. The molecule has 2 nitrogen and oxygen atoms in total. The first-order valence-corrected chi connectivity index (χ1v) is 5.42. The molecule has 1 aliphatic rings. The fraction of sp³-hybridized carbons (Fsp3) is 0.583. The summed E-state index contributed by atoms with van der Waals surface area (Å²) in [6.07, 6.45) is 2.29. The highest BCUT2D eigenvalue weighted by Crippen LogP contribution is 2.31. The van der Waals surface area contributed by atoms with Gasteiger partial charge < -0.3 is 5.73 Å². The fourth-order valence-electron chi connectivity index (χ4n) is 2.13. The van der Waals surface area contributed by atoms with Crippen LogP contribution >= 0.6 is 0 Å². The third kappa shape index (κ3) is 1.55. The molecule has 0 spiro atoms. The Kier molecular flexibility index (Phi) is 2.55. The standard InChI is InChI=1S/C12H18N2/c1-8(2)11-6-4-10-9(7-13)3-5-12(10)14-11/h4,6,8-9H,3,5,7,13H2,1-2H3. The number of pyridine rings is 1. The molecule has 0 bridgehead atoms. The Hall–Kier alpha value is -0.890. The summed E-state index contributed by atoms with van der Waals surface area (Å²) in [7, 11) is 0. The van der Waals surface area contributed by atoms with Gasteiger partial charge in [-0.15, -0.1) is 0 Å². The molecule has 0 radical (unpaired) electrons. The van der Waals surface area contributed by atoms with E-state index >= 15 is 0 Å². The van der Waals surface area contributed by atoms with Gasteiger partial charge in [-0.25, -0.2) is 0 Å². The SMILES string of the molecule is CC(C)c1ccc2c(n1)CCC2CN. The predicted molar refractivity (Wildman–Crippen MR) is 58.4 cm³/mol. The van der Waals surface area contributed by atoms with Gasteiger partial charge in [0, 0.05) is 11.4 Å². The van der Waals surface area contributed by atoms with Crippen molar-refractivity contribution in [2.45, 2.75) is 38.5 Å². The van der Waals surface area contributed by atoms with Crippen LogP contribution in [0.5, 0.6) is 0 Å². The average molecular weight is 190 g/mol. The first-order valence-electron chi connectivity index (χ1n) is 5.42. The van der Waals surface area contributed by atoms with Crippen molar-refractivity contribution in [3.05, 3.63) is 29.1 Å². The van der Waals surface area contributed by atoms with Gasteiger partial charge in [-0.1, -0.05) is 19.9 Å². The summed E-state index contributed by atoms with van der Waals surface area (Å²) in [6.45, 7) is 5.13. The third-order valence-corrected chi connectivity index (χ3v) is 3.08. The highest BCUT2D eigenvalue weighted by Gasteiger charge is 2.22. The molecule has 0 saturated carbocycles. The number of rotatable bonds is 2. The topological polar surface area (TPSA) is 38.9 Å². The van der Waals surface area contributed by atoms with E-state index in [1.165, 1.54) is 23.4 Å². The number of aryl methyl sites for hydroxylation is 1. The first kappa shape index (κ1) is 9.66. The minimum Gasteiger partial charge on any atom is -0.330 e. The summed E-state index contributed by atoms with van der Waals surface area (Å²) in [5.41, 5.74) is 9.60. The highest BCUT2D eigenvalue weighted by atomic mass is 14.7. The quantitative estimate of drug-likeness (QED) is 0.776. The summed E-state index contributed by atoms with van der Waals surface area (Å²) in [6, 6.07) is 4.37. The van der Waals surface area contributed by atoms with Crippen LogP contribution in [0.15, 0.2) is 12.1 Å². The lowest BCUT2D eigenvalue weighted by Crippen LogP contribution is -2.09. The Morgan fingerprint density at radius 2 is 2.29 bits per heavy atom. The largest absolute Gasteiger partial charge is 0.330 e. The molecule has 0 fully saturated rings. The van der Waals surface area contributed by atoms with Gasteiger partial charge in [-0.3, -0.25) is 4.98 Å². The minimum atomic E-state index is 0.525. The van der Waals surface area contributed by atoms with Crippen LogP contribution in [0.1, 0.15) is 49.1 Å². The van der Waals surface area contributed by atoms with Crippen LogP contribution in [0.25, 0.3) is 0 Å². The lowest BCUT2D eigenvalue weighted by atomic mass is 10.0. The summed E-state index contributed by atoms with van der Waals surface area (Å²) in [5, 5.41) is 0. The van der Waals surface area contributed by atoms with E-state index in [1.807, 2.05) is 0 Å². The number of hydrogen-bond donors (Lipinski definition) is 1. The van der Waals surface area contributed by atoms with Gasteiger partial charge in [0.2, 0.25) is 0 Å². The van der Waals surface area contributed by atoms with Crippen LogP contribution < -0.4 is 5.73 Å². The monoisotopic (exact) mass is 190 g/mol. The molecule has 0 aliphatic heterocycles. The van der Waals surface area contributed by atoms with Crippen molar-refractivity contribution >= 4 is 0 Å². The van der Waals surface area contributed by atoms with Crippen molar-refractivity contribution in [3.8, 4) is 0 Å². The number of fused-ring (bicyclic) bond motifs is 1. The molecule has 76 valence electrons. The van der Waals surface area contributed by atoms with Crippen LogP contribution in [-0.2, 0) is 6.42 Å². The summed E-state index contributed by atoms with van der Waals surface area (Å²) < 4.78 is 0. The molecule has 0 aromatic carbocycles. The van der Waals surface area contributed by atoms with Crippen molar-refractivity contribution in [1.29, 1.82) is 0 Å². The molecule has 1 aromatic rings. The maximum Gasteiger partial charge on any atom is 0.0442 e. The maximum atomic E-state index is 5.72. The third-order valence-electron chi connectivity index (χ3n) is 3.08. The molecule has 14 heavy (non-hydrogen) atoms. The molecule has 1 heterocycles. The van der Waals surface area contributed by atoms with Gasteiger partial charge in [-0.2, -0.15) is 0 Å². The minimum absolute atomic E-state index is 0.525. The van der Waals surface area contributed by atoms with Gasteiger partial charge in [0.15, 0.2) is 0 Å². The van der Waals surface area contributed by atoms with Crippen LogP contribution in [0.4, 0.5) is 0 Å². The molecule has 1 unspecified atom stereocenters. The Morgan fingerprint density at radius 3 is 2.93 bits per heavy atom. The van der Waals surface area contributed by atoms with Crippen LogP contribution in [0, 0.1) is 0 Å². The van der Waals surface area contributed by atoms with E-state index < -0.39 is 0 Å². The summed E-state index contributed by atoms with van der Waals surface area (Å²) in [4.78, 5) is 4.70. The maximum absolute atomic E-state index is 5.72. The number of nitrogens with zero attached hydrogens (tertiary/aromatic N) is 1. The van der Waals surface area contributed by atoms with E-state index in [0.717, 1.165) is 13.0 Å². The molecule has 1 aliphatic carbocycles. The van der Waals surface area contributed by atoms with Gasteiger partial charge in [-0.05, 0) is 42.9 Å². The highest BCUT2D eigenvalue weighted by molar-refractivity contribution is 5.32. The van der Waals surface area contributed by atoms with Gasteiger partial charge in [0.1, 0.15) is 0 Å². The Labute approximate surface area is 85.5 Å². The Morgan fingerprint density at radius 1 is 1.50 bits per heavy atom. The van der Waals surface area contributed by atoms with Crippen molar-refractivity contribution in [2.75, 3.05) is 6.54 Å². The molecule has 1 aromatic heterocycles. The normalized spacial score (nSPS) is 20.1. The molecule has 1 atom stereocenters. The number of hydrogen-bond acceptors (Lipinski definition) is 2. The lowest BCUT2D eigenvalue weighted by molar-refractivity contribution is 0.688. The van der Waals surface area contributed by atoms with E-state index in [9.17, 15) is 0 Å². The van der Waals surface area contributed by atoms with E-state index in [1.54, 1.807) is 0 Å². The predicted octanol–water partition coefficient (Wildman–Crippen LogP) is 2.19. The van der Waals surface area contributed by atoms with E-state index in [4.69, 9.17) is 10.7 Å². The van der Waals surface area contributed by atoms with E-state index in [2.05, 4.69) is 26.0 Å². The summed E-state index contributed by atoms with van der Waals surface area (Å²) in [5.74, 6) is 1.08. The first-order chi connectivity index (χ1) is 6.72. The number of nitrogens with two attached hydrogens (primary N) is 1. The zero-order valence-electron chi connectivity index (χ0n) is 8.96. The van der Waals surface area contributed by atoms with E-state index in [-0.39, 0.29) is 0 Å². The van der Waals surface area contributed by atoms with Gasteiger partial charge >= 0.3 is 0 Å². The molecule has 2 N–H and O–H groups in total. The average Bonchev–Trinajstić information content (AvgIpc) is 2.59. The van der Waals surface area contributed by atoms with Crippen molar-refractivity contribution in [1.82, 2.24) is 4.98 Å². The second kappa shape index (κ2) is 3.70. The Balaban J connectivity index is 2.34. The lowest BCUT2D eigenvalue weighted by Gasteiger charge is -2.09. The second-order valence-corrected chi connectivity index (χ2v) is 4.40. The van der Waals surface area contributed by atoms with Gasteiger partial charge in [0.25, 0.3) is 0 Å². The molecule has 2 heteroatoms. The van der Waals surface area contributed by atoms with E-state index in [0.29, 0.717) is 11.8 Å². The number of aromatic nitrogens is 1.